The lowest BCUT2D eigenvalue weighted by molar-refractivity contribution is 0.254. The first-order valence-electron chi connectivity index (χ1n) is 8.10. The van der Waals surface area contributed by atoms with Crippen LogP contribution in [0, 0.1) is 11.8 Å². The highest BCUT2D eigenvalue weighted by Gasteiger charge is 2.34. The Morgan fingerprint density at radius 2 is 1.71 bits per heavy atom. The van der Waals surface area contributed by atoms with Gasteiger partial charge in [0, 0.05) is 24.5 Å². The molecule has 0 radical (unpaired) electrons. The molecule has 21 heavy (non-hydrogen) atoms. The predicted octanol–water partition coefficient (Wildman–Crippen LogP) is 3.82. The summed E-state index contributed by atoms with van der Waals surface area (Å²) in [7, 11) is 1.62. The highest BCUT2D eigenvalue weighted by atomic mass is 16.2. The molecule has 2 fully saturated rings. The molecule has 0 aromatic heterocycles. The third-order valence-electron chi connectivity index (χ3n) is 4.74. The number of amides is 2. The van der Waals surface area contributed by atoms with Gasteiger partial charge in [-0.3, -0.25) is 0 Å². The zero-order chi connectivity index (χ0) is 14.7. The molecule has 114 valence electrons. The van der Waals surface area contributed by atoms with E-state index in [4.69, 9.17) is 0 Å². The molecule has 0 saturated heterocycles. The number of hydrogen-bond donors (Lipinski definition) is 3. The lowest BCUT2D eigenvalue weighted by atomic mass is 9.82. The van der Waals surface area contributed by atoms with Crippen LogP contribution in [0.15, 0.2) is 24.3 Å². The van der Waals surface area contributed by atoms with Crippen molar-refractivity contribution < 1.29 is 4.79 Å². The minimum absolute atomic E-state index is 0.185. The molecule has 4 nitrogen and oxygen atoms in total. The van der Waals surface area contributed by atoms with E-state index in [0.29, 0.717) is 6.04 Å². The quantitative estimate of drug-likeness (QED) is 0.788. The SMILES string of the molecule is CNC(=O)Nc1ccc(NC2CCCC(C3CC3)C2)cc1. The van der Waals surface area contributed by atoms with Gasteiger partial charge in [0.2, 0.25) is 0 Å². The van der Waals surface area contributed by atoms with Gasteiger partial charge in [-0.25, -0.2) is 4.79 Å². The molecule has 1 aromatic carbocycles. The maximum atomic E-state index is 11.3. The minimum atomic E-state index is -0.185. The van der Waals surface area contributed by atoms with Crippen LogP contribution in [0.1, 0.15) is 38.5 Å². The maximum absolute atomic E-state index is 11.3. The highest BCUT2D eigenvalue weighted by Crippen LogP contribution is 2.44. The number of nitrogens with one attached hydrogen (secondary N) is 3. The third-order valence-corrected chi connectivity index (χ3v) is 4.74. The highest BCUT2D eigenvalue weighted by molar-refractivity contribution is 5.89. The van der Waals surface area contributed by atoms with Gasteiger partial charge in [0.05, 0.1) is 0 Å². The first-order chi connectivity index (χ1) is 10.2. The van der Waals surface area contributed by atoms with Gasteiger partial charge in [-0.1, -0.05) is 12.8 Å². The van der Waals surface area contributed by atoms with E-state index in [1.165, 1.54) is 38.5 Å². The van der Waals surface area contributed by atoms with Gasteiger partial charge in [-0.15, -0.1) is 0 Å². The van der Waals surface area contributed by atoms with E-state index in [1.54, 1.807) is 7.05 Å². The molecular formula is C17H25N3O. The summed E-state index contributed by atoms with van der Waals surface area (Å²) < 4.78 is 0. The Hall–Kier alpha value is -1.71. The Kier molecular flexibility index (Phi) is 4.32. The Balaban J connectivity index is 1.53. The fraction of sp³-hybridized carbons (Fsp3) is 0.588. The van der Waals surface area contributed by atoms with Crippen LogP contribution in [-0.2, 0) is 0 Å². The van der Waals surface area contributed by atoms with E-state index in [9.17, 15) is 4.79 Å². The van der Waals surface area contributed by atoms with E-state index in [2.05, 4.69) is 16.0 Å². The molecule has 2 saturated carbocycles. The molecule has 0 aliphatic heterocycles. The number of urea groups is 1. The van der Waals surface area contributed by atoms with Crippen molar-refractivity contribution in [2.75, 3.05) is 17.7 Å². The summed E-state index contributed by atoms with van der Waals surface area (Å²) in [4.78, 5) is 11.3. The van der Waals surface area contributed by atoms with Crippen molar-refractivity contribution in [3.8, 4) is 0 Å². The molecular weight excluding hydrogens is 262 g/mol. The van der Waals surface area contributed by atoms with Crippen LogP contribution in [0.3, 0.4) is 0 Å². The Morgan fingerprint density at radius 3 is 2.38 bits per heavy atom. The molecule has 0 spiro atoms. The number of carbonyl (C=O) groups is 1. The summed E-state index contributed by atoms with van der Waals surface area (Å²) in [5, 5.41) is 8.98. The lowest BCUT2D eigenvalue weighted by Gasteiger charge is -2.30. The topological polar surface area (TPSA) is 53.2 Å². The summed E-state index contributed by atoms with van der Waals surface area (Å²) in [6, 6.07) is 8.41. The largest absolute Gasteiger partial charge is 0.382 e. The number of anilines is 2. The predicted molar refractivity (Wildman–Crippen MR) is 86.6 cm³/mol. The fourth-order valence-corrected chi connectivity index (χ4v) is 3.43. The third kappa shape index (κ3) is 3.90. The summed E-state index contributed by atoms with van der Waals surface area (Å²) in [5.41, 5.74) is 1.97. The van der Waals surface area contributed by atoms with E-state index in [-0.39, 0.29) is 6.03 Å². The maximum Gasteiger partial charge on any atom is 0.318 e. The minimum Gasteiger partial charge on any atom is -0.382 e. The van der Waals surface area contributed by atoms with E-state index in [1.807, 2.05) is 24.3 Å². The van der Waals surface area contributed by atoms with Crippen LogP contribution in [-0.4, -0.2) is 19.1 Å². The van der Waals surface area contributed by atoms with Crippen molar-refractivity contribution in [2.45, 2.75) is 44.6 Å². The smallest absolute Gasteiger partial charge is 0.318 e. The van der Waals surface area contributed by atoms with Crippen molar-refractivity contribution in [3.05, 3.63) is 24.3 Å². The Labute approximate surface area is 126 Å². The zero-order valence-corrected chi connectivity index (χ0v) is 12.7. The summed E-state index contributed by atoms with van der Waals surface area (Å²) in [5.74, 6) is 1.97. The molecule has 3 N–H and O–H groups in total. The number of rotatable bonds is 4. The van der Waals surface area contributed by atoms with Gasteiger partial charge in [-0.05, 0) is 61.8 Å². The number of carbonyl (C=O) groups excluding carboxylic acids is 1. The molecule has 2 atom stereocenters. The summed E-state index contributed by atoms with van der Waals surface area (Å²) >= 11 is 0. The normalized spacial score (nSPS) is 25.2. The first kappa shape index (κ1) is 14.2. The first-order valence-corrected chi connectivity index (χ1v) is 8.10. The van der Waals surface area contributed by atoms with Crippen LogP contribution < -0.4 is 16.0 Å². The van der Waals surface area contributed by atoms with Crippen molar-refractivity contribution in [1.29, 1.82) is 0 Å². The van der Waals surface area contributed by atoms with Gasteiger partial charge >= 0.3 is 6.03 Å². The van der Waals surface area contributed by atoms with Crippen LogP contribution in [0.2, 0.25) is 0 Å². The van der Waals surface area contributed by atoms with E-state index in [0.717, 1.165) is 23.2 Å². The van der Waals surface area contributed by atoms with Gasteiger partial charge < -0.3 is 16.0 Å². The zero-order valence-electron chi connectivity index (χ0n) is 12.7. The second-order valence-electron chi connectivity index (χ2n) is 6.39. The van der Waals surface area contributed by atoms with E-state index >= 15 is 0 Å². The van der Waals surface area contributed by atoms with Gasteiger partial charge in [0.1, 0.15) is 0 Å². The second-order valence-corrected chi connectivity index (χ2v) is 6.39. The van der Waals surface area contributed by atoms with Crippen LogP contribution in [0.4, 0.5) is 16.2 Å². The number of benzene rings is 1. The van der Waals surface area contributed by atoms with Crippen LogP contribution in [0.25, 0.3) is 0 Å². The average Bonchev–Trinajstić information content (AvgIpc) is 3.34. The molecule has 2 aliphatic rings. The fourth-order valence-electron chi connectivity index (χ4n) is 3.43. The van der Waals surface area contributed by atoms with E-state index < -0.39 is 0 Å². The van der Waals surface area contributed by atoms with Crippen molar-refractivity contribution in [1.82, 2.24) is 5.32 Å². The molecule has 0 heterocycles. The molecule has 4 heteroatoms. The van der Waals surface area contributed by atoms with Gasteiger partial charge in [-0.2, -0.15) is 0 Å². The van der Waals surface area contributed by atoms with Gasteiger partial charge in [0.15, 0.2) is 0 Å². The second kappa shape index (κ2) is 6.37. The summed E-state index contributed by atoms with van der Waals surface area (Å²) in [6.07, 6.45) is 8.30. The van der Waals surface area contributed by atoms with Crippen molar-refractivity contribution in [3.63, 3.8) is 0 Å². The summed E-state index contributed by atoms with van der Waals surface area (Å²) in [6.45, 7) is 0. The van der Waals surface area contributed by atoms with Crippen molar-refractivity contribution >= 4 is 17.4 Å². The molecule has 2 unspecified atom stereocenters. The Bertz CT molecular complexity index is 481. The van der Waals surface area contributed by atoms with Crippen LogP contribution in [0.5, 0.6) is 0 Å². The van der Waals surface area contributed by atoms with Crippen LogP contribution >= 0.6 is 0 Å². The molecule has 1 aromatic rings. The lowest BCUT2D eigenvalue weighted by Crippen LogP contribution is -2.28. The molecule has 2 aliphatic carbocycles. The Morgan fingerprint density at radius 1 is 1.00 bits per heavy atom. The molecule has 3 rings (SSSR count). The average molecular weight is 287 g/mol. The van der Waals surface area contributed by atoms with Crippen molar-refractivity contribution in [2.24, 2.45) is 11.8 Å². The monoisotopic (exact) mass is 287 g/mol. The number of hydrogen-bond acceptors (Lipinski definition) is 2. The molecule has 2 amide bonds. The van der Waals surface area contributed by atoms with Gasteiger partial charge in [0.25, 0.3) is 0 Å². The molecule has 0 bridgehead atoms. The standard InChI is InChI=1S/C17H25N3O/c1-18-17(21)20-15-9-7-14(8-10-15)19-16-4-2-3-13(11-16)12-5-6-12/h7-10,12-13,16,19H,2-6,11H2,1H3,(H2,18,20,21).